The van der Waals surface area contributed by atoms with E-state index in [1.54, 1.807) is 6.92 Å². The van der Waals surface area contributed by atoms with Crippen LogP contribution < -0.4 is 5.32 Å². The van der Waals surface area contributed by atoms with E-state index >= 15 is 0 Å². The smallest absolute Gasteiger partial charge is 0.354 e. The number of carbonyl (C=O) groups excluding carboxylic acids is 1. The van der Waals surface area contributed by atoms with Crippen LogP contribution in [0.25, 0.3) is 0 Å². The molecule has 1 aliphatic rings. The first-order valence-corrected chi connectivity index (χ1v) is 3.50. The first-order valence-electron chi connectivity index (χ1n) is 3.50. The summed E-state index contributed by atoms with van der Waals surface area (Å²) in [6.07, 6.45) is -2.46. The van der Waals surface area contributed by atoms with E-state index in [4.69, 9.17) is 0 Å². The van der Waals surface area contributed by atoms with Crippen molar-refractivity contribution >= 4 is 5.97 Å². The molecule has 3 nitrogen and oxygen atoms in total. The van der Waals surface area contributed by atoms with Crippen LogP contribution in [0.5, 0.6) is 0 Å². The Labute approximate surface area is 68.4 Å². The third-order valence-electron chi connectivity index (χ3n) is 1.48. The van der Waals surface area contributed by atoms with Gasteiger partial charge in [0.25, 0.3) is 6.43 Å². The molecular weight excluding hydrogens is 168 g/mol. The second-order valence-corrected chi connectivity index (χ2v) is 2.50. The van der Waals surface area contributed by atoms with Crippen LogP contribution in [0.15, 0.2) is 11.3 Å². The fraction of sp³-hybridized carbons (Fsp3) is 0.571. The predicted molar refractivity (Wildman–Crippen MR) is 37.7 cm³/mol. The van der Waals surface area contributed by atoms with Crippen LogP contribution in [0.3, 0.4) is 0 Å². The Morgan fingerprint density at radius 1 is 1.67 bits per heavy atom. The minimum Gasteiger partial charge on any atom is -0.456 e. The summed E-state index contributed by atoms with van der Waals surface area (Å²) >= 11 is 0. The SMILES string of the molecule is CC1=C(NCC(F)F)C(=O)OC1. The van der Waals surface area contributed by atoms with Gasteiger partial charge in [0.1, 0.15) is 12.3 Å². The average Bonchev–Trinajstić information content (AvgIpc) is 2.28. The van der Waals surface area contributed by atoms with Crippen LogP contribution in [0.1, 0.15) is 6.92 Å². The molecule has 1 aliphatic heterocycles. The van der Waals surface area contributed by atoms with Crippen molar-refractivity contribution in [2.24, 2.45) is 0 Å². The van der Waals surface area contributed by atoms with Gasteiger partial charge in [-0.15, -0.1) is 0 Å². The van der Waals surface area contributed by atoms with Gasteiger partial charge in [0.05, 0.1) is 6.54 Å². The van der Waals surface area contributed by atoms with E-state index in [1.165, 1.54) is 0 Å². The van der Waals surface area contributed by atoms with Crippen molar-refractivity contribution in [3.63, 3.8) is 0 Å². The van der Waals surface area contributed by atoms with Crippen LogP contribution in [0.4, 0.5) is 8.78 Å². The zero-order chi connectivity index (χ0) is 9.14. The minimum absolute atomic E-state index is 0.176. The molecule has 0 aromatic carbocycles. The largest absolute Gasteiger partial charge is 0.456 e. The van der Waals surface area contributed by atoms with E-state index in [0.717, 1.165) is 0 Å². The Balaban J connectivity index is 2.50. The van der Waals surface area contributed by atoms with E-state index in [-0.39, 0.29) is 12.3 Å². The van der Waals surface area contributed by atoms with Gasteiger partial charge in [-0.2, -0.15) is 0 Å². The molecule has 0 bridgehead atoms. The summed E-state index contributed by atoms with van der Waals surface area (Å²) in [6, 6.07) is 0. The lowest BCUT2D eigenvalue weighted by molar-refractivity contribution is -0.136. The number of esters is 1. The van der Waals surface area contributed by atoms with Gasteiger partial charge in [0, 0.05) is 0 Å². The Hall–Kier alpha value is -1.13. The zero-order valence-corrected chi connectivity index (χ0v) is 6.56. The first kappa shape index (κ1) is 8.96. The fourth-order valence-corrected chi connectivity index (χ4v) is 0.895. The molecule has 0 aliphatic carbocycles. The summed E-state index contributed by atoms with van der Waals surface area (Å²) in [5, 5.41) is 2.34. The second-order valence-electron chi connectivity index (χ2n) is 2.50. The predicted octanol–water partition coefficient (Wildman–Crippen LogP) is 0.672. The van der Waals surface area contributed by atoms with Gasteiger partial charge in [-0.05, 0) is 12.5 Å². The third-order valence-corrected chi connectivity index (χ3v) is 1.48. The lowest BCUT2D eigenvalue weighted by atomic mass is 10.3. The summed E-state index contributed by atoms with van der Waals surface area (Å²) < 4.78 is 28.0. The number of rotatable bonds is 3. The summed E-state index contributed by atoms with van der Waals surface area (Å²) in [7, 11) is 0. The molecule has 12 heavy (non-hydrogen) atoms. The van der Waals surface area contributed by atoms with Crippen LogP contribution in [-0.4, -0.2) is 25.5 Å². The Morgan fingerprint density at radius 3 is 2.75 bits per heavy atom. The van der Waals surface area contributed by atoms with E-state index in [1.807, 2.05) is 0 Å². The van der Waals surface area contributed by atoms with E-state index in [2.05, 4.69) is 10.1 Å². The highest BCUT2D eigenvalue weighted by Gasteiger charge is 2.22. The average molecular weight is 177 g/mol. The molecule has 0 spiro atoms. The number of cyclic esters (lactones) is 1. The third kappa shape index (κ3) is 1.93. The molecule has 1 heterocycles. The highest BCUT2D eigenvalue weighted by Crippen LogP contribution is 2.12. The van der Waals surface area contributed by atoms with Gasteiger partial charge in [-0.25, -0.2) is 13.6 Å². The molecule has 0 saturated heterocycles. The molecule has 0 aromatic rings. The molecule has 68 valence electrons. The fourth-order valence-electron chi connectivity index (χ4n) is 0.895. The maximum atomic E-state index is 11.7. The molecule has 0 atom stereocenters. The highest BCUT2D eigenvalue weighted by molar-refractivity contribution is 5.90. The molecule has 0 amide bonds. The van der Waals surface area contributed by atoms with Crippen LogP contribution >= 0.6 is 0 Å². The van der Waals surface area contributed by atoms with Gasteiger partial charge in [0.15, 0.2) is 0 Å². The number of halogens is 2. The molecule has 1 rings (SSSR count). The molecular formula is C7H9F2NO2. The highest BCUT2D eigenvalue weighted by atomic mass is 19.3. The quantitative estimate of drug-likeness (QED) is 0.644. The number of nitrogens with one attached hydrogen (secondary N) is 1. The molecule has 0 aromatic heterocycles. The van der Waals surface area contributed by atoms with E-state index < -0.39 is 18.9 Å². The van der Waals surface area contributed by atoms with Crippen molar-refractivity contribution in [1.82, 2.24) is 5.32 Å². The molecule has 0 radical (unpaired) electrons. The molecule has 0 fully saturated rings. The number of hydrogen-bond donors (Lipinski definition) is 1. The van der Waals surface area contributed by atoms with Crippen molar-refractivity contribution < 1.29 is 18.3 Å². The Kier molecular flexibility index (Phi) is 2.62. The summed E-state index contributed by atoms with van der Waals surface area (Å²) in [6.45, 7) is 1.35. The van der Waals surface area contributed by atoms with Crippen molar-refractivity contribution in [3.05, 3.63) is 11.3 Å². The van der Waals surface area contributed by atoms with Crippen molar-refractivity contribution in [3.8, 4) is 0 Å². The summed E-state index contributed by atoms with van der Waals surface area (Å²) in [4.78, 5) is 10.8. The van der Waals surface area contributed by atoms with Gasteiger partial charge >= 0.3 is 5.97 Å². The molecule has 0 saturated carbocycles. The minimum atomic E-state index is -2.46. The monoisotopic (exact) mass is 177 g/mol. The molecule has 1 N–H and O–H groups in total. The second kappa shape index (κ2) is 3.51. The van der Waals surface area contributed by atoms with Gasteiger partial charge in [0.2, 0.25) is 0 Å². The van der Waals surface area contributed by atoms with Crippen molar-refractivity contribution in [1.29, 1.82) is 0 Å². The Morgan fingerprint density at radius 2 is 2.33 bits per heavy atom. The maximum Gasteiger partial charge on any atom is 0.354 e. The van der Waals surface area contributed by atoms with Gasteiger partial charge in [-0.3, -0.25) is 0 Å². The maximum absolute atomic E-state index is 11.7. The topological polar surface area (TPSA) is 38.3 Å². The summed E-state index contributed by atoms with van der Waals surface area (Å²) in [5.41, 5.74) is 0.843. The number of alkyl halides is 2. The molecule has 0 unspecified atom stereocenters. The van der Waals surface area contributed by atoms with E-state index in [0.29, 0.717) is 5.57 Å². The van der Waals surface area contributed by atoms with Crippen LogP contribution in [0, 0.1) is 0 Å². The van der Waals surface area contributed by atoms with Gasteiger partial charge < -0.3 is 10.1 Å². The van der Waals surface area contributed by atoms with Gasteiger partial charge in [-0.1, -0.05) is 0 Å². The number of carbonyl (C=O) groups is 1. The lowest BCUT2D eigenvalue weighted by Gasteiger charge is -2.03. The number of ether oxygens (including phenoxy) is 1. The van der Waals surface area contributed by atoms with E-state index in [9.17, 15) is 13.6 Å². The summed E-state index contributed by atoms with van der Waals surface area (Å²) in [5.74, 6) is -0.548. The molecule has 5 heteroatoms. The van der Waals surface area contributed by atoms with Crippen molar-refractivity contribution in [2.45, 2.75) is 13.3 Å². The van der Waals surface area contributed by atoms with Crippen LogP contribution in [-0.2, 0) is 9.53 Å². The van der Waals surface area contributed by atoms with Crippen LogP contribution in [0.2, 0.25) is 0 Å². The first-order chi connectivity index (χ1) is 5.61. The normalized spacial score (nSPS) is 17.2. The number of hydrogen-bond acceptors (Lipinski definition) is 3. The zero-order valence-electron chi connectivity index (χ0n) is 6.56. The Bertz CT molecular complexity index is 225. The standard InChI is InChI=1S/C7H9F2NO2/c1-4-3-12-7(11)6(4)10-2-5(8)9/h5,10H,2-3H2,1H3. The lowest BCUT2D eigenvalue weighted by Crippen LogP contribution is -2.24. The van der Waals surface area contributed by atoms with Crippen molar-refractivity contribution in [2.75, 3.05) is 13.2 Å².